The number of esters is 2. The predicted octanol–water partition coefficient (Wildman–Crippen LogP) is 2.59. The first-order valence-corrected chi connectivity index (χ1v) is 7.92. The second-order valence-electron chi connectivity index (χ2n) is 5.11. The summed E-state index contributed by atoms with van der Waals surface area (Å²) in [7, 11) is 0. The third kappa shape index (κ3) is 7.95. The molecule has 0 unspecified atom stereocenters. The lowest BCUT2D eigenvalue weighted by molar-refractivity contribution is -0.489. The van der Waals surface area contributed by atoms with Gasteiger partial charge < -0.3 is 9.47 Å². The van der Waals surface area contributed by atoms with Crippen LogP contribution in [0, 0.1) is 22.0 Å². The zero-order valence-corrected chi connectivity index (χ0v) is 13.7. The average Bonchev–Trinajstić information content (AvgIpc) is 2.43. The van der Waals surface area contributed by atoms with Gasteiger partial charge in [0.25, 0.3) is 0 Å². The Morgan fingerprint density at radius 3 is 1.95 bits per heavy atom. The second kappa shape index (κ2) is 11.9. The van der Waals surface area contributed by atoms with E-state index in [1.165, 1.54) is 0 Å². The van der Waals surface area contributed by atoms with Gasteiger partial charge in [0.15, 0.2) is 5.92 Å². The van der Waals surface area contributed by atoms with Crippen LogP contribution in [0.5, 0.6) is 0 Å². The fourth-order valence-electron chi connectivity index (χ4n) is 2.33. The lowest BCUT2D eigenvalue weighted by atomic mass is 9.87. The monoisotopic (exact) mass is 317 g/mol. The van der Waals surface area contributed by atoms with Gasteiger partial charge in [-0.05, 0) is 20.3 Å². The summed E-state index contributed by atoms with van der Waals surface area (Å²) in [5, 5.41) is 10.9. The summed E-state index contributed by atoms with van der Waals surface area (Å²) in [6.45, 7) is 5.13. The summed E-state index contributed by atoms with van der Waals surface area (Å²) in [5.41, 5.74) is 0. The summed E-state index contributed by atoms with van der Waals surface area (Å²) in [6, 6.07) is 0. The highest BCUT2D eigenvalue weighted by molar-refractivity contribution is 5.95. The van der Waals surface area contributed by atoms with Crippen molar-refractivity contribution < 1.29 is 24.0 Å². The van der Waals surface area contributed by atoms with Crippen LogP contribution >= 0.6 is 0 Å². The van der Waals surface area contributed by atoms with E-state index < -0.39 is 35.2 Å². The molecule has 0 fully saturated rings. The van der Waals surface area contributed by atoms with E-state index in [0.29, 0.717) is 6.42 Å². The molecule has 0 aromatic heterocycles. The summed E-state index contributed by atoms with van der Waals surface area (Å²) in [6.07, 6.45) is 4.15. The Bertz CT molecular complexity index is 340. The molecule has 0 aromatic rings. The quantitative estimate of drug-likeness (QED) is 0.180. The first-order valence-electron chi connectivity index (χ1n) is 7.92. The van der Waals surface area contributed by atoms with Gasteiger partial charge in [0.2, 0.25) is 6.54 Å². The van der Waals surface area contributed by atoms with Gasteiger partial charge in [0.1, 0.15) is 0 Å². The predicted molar refractivity (Wildman–Crippen MR) is 80.9 cm³/mol. The molecule has 1 atom stereocenters. The van der Waals surface area contributed by atoms with Gasteiger partial charge in [-0.25, -0.2) is 0 Å². The minimum Gasteiger partial charge on any atom is -0.465 e. The number of hydrogen-bond acceptors (Lipinski definition) is 6. The Hall–Kier alpha value is -1.66. The maximum Gasteiger partial charge on any atom is 0.320 e. The molecule has 7 heteroatoms. The number of ether oxygens (including phenoxy) is 2. The molecule has 0 aliphatic heterocycles. The van der Waals surface area contributed by atoms with Gasteiger partial charge in [-0.3, -0.25) is 19.7 Å². The summed E-state index contributed by atoms with van der Waals surface area (Å²) >= 11 is 0. The van der Waals surface area contributed by atoms with Crippen LogP contribution in [-0.4, -0.2) is 36.6 Å². The molecular weight excluding hydrogens is 290 g/mol. The van der Waals surface area contributed by atoms with Crippen LogP contribution in [0.1, 0.15) is 52.9 Å². The molecule has 128 valence electrons. The first-order chi connectivity index (χ1) is 10.5. The second-order valence-corrected chi connectivity index (χ2v) is 5.11. The maximum atomic E-state index is 12.0. The average molecular weight is 317 g/mol. The number of nitro groups is 1. The first kappa shape index (κ1) is 20.3. The van der Waals surface area contributed by atoms with E-state index in [2.05, 4.69) is 6.92 Å². The molecule has 0 heterocycles. The molecule has 7 nitrogen and oxygen atoms in total. The number of nitrogens with zero attached hydrogens (tertiary/aromatic N) is 1. The summed E-state index contributed by atoms with van der Waals surface area (Å²) in [4.78, 5) is 34.4. The Morgan fingerprint density at radius 1 is 1.00 bits per heavy atom. The van der Waals surface area contributed by atoms with Gasteiger partial charge in [-0.1, -0.05) is 32.6 Å². The van der Waals surface area contributed by atoms with Gasteiger partial charge in [-0.15, -0.1) is 0 Å². The van der Waals surface area contributed by atoms with E-state index in [4.69, 9.17) is 9.47 Å². The zero-order chi connectivity index (χ0) is 17.0. The van der Waals surface area contributed by atoms with E-state index in [-0.39, 0.29) is 13.2 Å². The fourth-order valence-corrected chi connectivity index (χ4v) is 2.33. The van der Waals surface area contributed by atoms with Crippen LogP contribution < -0.4 is 0 Å². The third-order valence-corrected chi connectivity index (χ3v) is 3.36. The Balaban J connectivity index is 5.01. The smallest absolute Gasteiger partial charge is 0.320 e. The lowest BCUT2D eigenvalue weighted by Crippen LogP contribution is -2.37. The van der Waals surface area contributed by atoms with Crippen LogP contribution in [0.2, 0.25) is 0 Å². The largest absolute Gasteiger partial charge is 0.465 e. The molecule has 0 radical (unpaired) electrons. The van der Waals surface area contributed by atoms with Crippen LogP contribution in [0.15, 0.2) is 0 Å². The number of carbonyl (C=O) groups excluding carboxylic acids is 2. The molecule has 0 aromatic carbocycles. The van der Waals surface area contributed by atoms with Crippen molar-refractivity contribution in [1.29, 1.82) is 0 Å². The molecule has 0 rings (SSSR count). The van der Waals surface area contributed by atoms with Gasteiger partial charge in [-0.2, -0.15) is 0 Å². The SMILES string of the molecule is CCCCCC[C@@H](C[N+](=O)[O-])C(C(=O)OCC)C(=O)OCC. The van der Waals surface area contributed by atoms with E-state index in [1.54, 1.807) is 13.8 Å². The summed E-state index contributed by atoms with van der Waals surface area (Å²) in [5.74, 6) is -3.37. The van der Waals surface area contributed by atoms with E-state index in [9.17, 15) is 19.7 Å². The van der Waals surface area contributed by atoms with Crippen molar-refractivity contribution in [2.45, 2.75) is 52.9 Å². The topological polar surface area (TPSA) is 95.7 Å². The zero-order valence-electron chi connectivity index (χ0n) is 13.7. The van der Waals surface area contributed by atoms with Crippen LogP contribution in [0.25, 0.3) is 0 Å². The van der Waals surface area contributed by atoms with Crippen LogP contribution in [0.4, 0.5) is 0 Å². The number of hydrogen-bond donors (Lipinski definition) is 0. The van der Waals surface area contributed by atoms with E-state index >= 15 is 0 Å². The maximum absolute atomic E-state index is 12.0. The van der Waals surface area contributed by atoms with Crippen molar-refractivity contribution in [3.05, 3.63) is 10.1 Å². The molecule has 0 spiro atoms. The molecule has 0 saturated carbocycles. The van der Waals surface area contributed by atoms with Crippen molar-refractivity contribution >= 4 is 11.9 Å². The molecule has 0 amide bonds. The normalized spacial score (nSPS) is 12.0. The highest BCUT2D eigenvalue weighted by Gasteiger charge is 2.39. The Morgan fingerprint density at radius 2 is 1.55 bits per heavy atom. The minimum absolute atomic E-state index is 0.121. The molecule has 0 N–H and O–H groups in total. The fraction of sp³-hybridized carbons (Fsp3) is 0.867. The molecule has 0 aliphatic carbocycles. The molecule has 0 aliphatic rings. The Labute approximate surface area is 131 Å². The van der Waals surface area contributed by atoms with Crippen molar-refractivity contribution in [3.63, 3.8) is 0 Å². The molecule has 22 heavy (non-hydrogen) atoms. The van der Waals surface area contributed by atoms with Gasteiger partial charge in [0, 0.05) is 10.8 Å². The van der Waals surface area contributed by atoms with E-state index in [1.807, 2.05) is 0 Å². The third-order valence-electron chi connectivity index (χ3n) is 3.36. The number of unbranched alkanes of at least 4 members (excludes halogenated alkanes) is 3. The lowest BCUT2D eigenvalue weighted by Gasteiger charge is -2.21. The standard InChI is InChI=1S/C15H27NO6/c1-4-7-8-9-10-12(11-16(19)20)13(14(17)21-5-2)15(18)22-6-3/h12-13H,4-11H2,1-3H3/t12-/m0/s1. The van der Waals surface area contributed by atoms with Crippen molar-refractivity contribution in [2.75, 3.05) is 19.8 Å². The number of carbonyl (C=O) groups is 2. The van der Waals surface area contributed by atoms with Crippen molar-refractivity contribution in [1.82, 2.24) is 0 Å². The minimum atomic E-state index is -1.22. The number of rotatable bonds is 12. The highest BCUT2D eigenvalue weighted by atomic mass is 16.6. The van der Waals surface area contributed by atoms with Gasteiger partial charge >= 0.3 is 11.9 Å². The van der Waals surface area contributed by atoms with Gasteiger partial charge in [0.05, 0.1) is 13.2 Å². The highest BCUT2D eigenvalue weighted by Crippen LogP contribution is 2.23. The van der Waals surface area contributed by atoms with Crippen molar-refractivity contribution in [2.24, 2.45) is 11.8 Å². The molecule has 0 bridgehead atoms. The van der Waals surface area contributed by atoms with Crippen LogP contribution in [0.3, 0.4) is 0 Å². The van der Waals surface area contributed by atoms with E-state index in [0.717, 1.165) is 25.7 Å². The molecular formula is C15H27NO6. The summed E-state index contributed by atoms with van der Waals surface area (Å²) < 4.78 is 9.80. The van der Waals surface area contributed by atoms with Crippen molar-refractivity contribution in [3.8, 4) is 0 Å². The molecule has 0 saturated heterocycles. The van der Waals surface area contributed by atoms with Crippen LogP contribution in [-0.2, 0) is 19.1 Å². The Kier molecular flexibility index (Phi) is 11.0.